The van der Waals surface area contributed by atoms with Crippen molar-refractivity contribution in [2.75, 3.05) is 7.11 Å². The lowest BCUT2D eigenvalue weighted by Gasteiger charge is -2.10. The number of benzene rings is 1. The Hall–Kier alpha value is -2.07. The topological polar surface area (TPSA) is 52.0 Å². The van der Waals surface area contributed by atoms with E-state index in [1.165, 1.54) is 7.11 Å². The number of methoxy groups -OCH3 is 1. The second kappa shape index (κ2) is 3.99. The van der Waals surface area contributed by atoms with E-state index in [1.54, 1.807) is 18.6 Å². The van der Waals surface area contributed by atoms with Crippen LogP contribution in [-0.2, 0) is 19.9 Å². The highest BCUT2D eigenvalue weighted by Gasteiger charge is 2.66. The molecule has 2 atom stereocenters. The van der Waals surface area contributed by atoms with Gasteiger partial charge in [-0.05, 0) is 11.6 Å². The predicted octanol–water partition coefficient (Wildman–Crippen LogP) is 2.42. The molecule has 1 saturated heterocycles. The highest BCUT2D eigenvalue weighted by molar-refractivity contribution is 5.85. The molecule has 0 saturated carbocycles. The molecule has 4 heteroatoms. The van der Waals surface area contributed by atoms with E-state index in [4.69, 9.17) is 13.9 Å². The normalized spacial score (nSPS) is 25.7. The summed E-state index contributed by atoms with van der Waals surface area (Å²) in [6.45, 7) is 0. The number of rotatable bonds is 3. The van der Waals surface area contributed by atoms with Crippen molar-refractivity contribution >= 4 is 5.97 Å². The molecule has 4 nitrogen and oxygen atoms in total. The Bertz CT molecular complexity index is 546. The van der Waals surface area contributed by atoms with Crippen molar-refractivity contribution in [3.8, 4) is 0 Å². The third-order valence-corrected chi connectivity index (χ3v) is 3.15. The van der Waals surface area contributed by atoms with Crippen LogP contribution in [0.3, 0.4) is 0 Å². The lowest BCUT2D eigenvalue weighted by molar-refractivity contribution is -0.147. The molecule has 0 radical (unpaired) electrons. The van der Waals surface area contributed by atoms with Crippen LogP contribution in [-0.4, -0.2) is 13.1 Å². The molecular formula is C14H12O4. The maximum absolute atomic E-state index is 12.0. The van der Waals surface area contributed by atoms with Gasteiger partial charge in [0.25, 0.3) is 0 Å². The van der Waals surface area contributed by atoms with Gasteiger partial charge in [0, 0.05) is 5.56 Å². The molecule has 92 valence electrons. The molecule has 1 aromatic heterocycles. The molecule has 2 aromatic rings. The van der Waals surface area contributed by atoms with E-state index in [0.717, 1.165) is 11.1 Å². The van der Waals surface area contributed by atoms with Crippen molar-refractivity contribution in [1.29, 1.82) is 0 Å². The number of hydrogen-bond acceptors (Lipinski definition) is 4. The molecule has 0 spiro atoms. The van der Waals surface area contributed by atoms with Gasteiger partial charge in [-0.1, -0.05) is 30.3 Å². The lowest BCUT2D eigenvalue weighted by Crippen LogP contribution is -2.24. The Morgan fingerprint density at radius 1 is 1.28 bits per heavy atom. The third kappa shape index (κ3) is 1.46. The monoisotopic (exact) mass is 244 g/mol. The maximum atomic E-state index is 12.0. The largest absolute Gasteiger partial charge is 0.472 e. The molecule has 1 aliphatic rings. The Morgan fingerprint density at radius 3 is 2.67 bits per heavy atom. The number of carbonyl (C=O) groups excluding carboxylic acids is 1. The number of epoxide rings is 1. The summed E-state index contributed by atoms with van der Waals surface area (Å²) in [5.41, 5.74) is 0.604. The average molecular weight is 244 g/mol. The molecule has 0 N–H and O–H groups in total. The van der Waals surface area contributed by atoms with Gasteiger partial charge in [-0.25, -0.2) is 4.79 Å². The fourth-order valence-corrected chi connectivity index (χ4v) is 2.21. The third-order valence-electron chi connectivity index (χ3n) is 3.15. The van der Waals surface area contributed by atoms with E-state index in [0.29, 0.717) is 0 Å². The number of ether oxygens (including phenoxy) is 2. The van der Waals surface area contributed by atoms with Crippen LogP contribution in [0, 0.1) is 0 Å². The quantitative estimate of drug-likeness (QED) is 0.614. The minimum atomic E-state index is -1.03. The Morgan fingerprint density at radius 2 is 2.06 bits per heavy atom. The van der Waals surface area contributed by atoms with Crippen LogP contribution in [0.15, 0.2) is 53.3 Å². The maximum Gasteiger partial charge on any atom is 0.346 e. The Kier molecular flexibility index (Phi) is 2.45. The van der Waals surface area contributed by atoms with Crippen LogP contribution in [0.25, 0.3) is 0 Å². The van der Waals surface area contributed by atoms with Gasteiger partial charge in [0.1, 0.15) is 6.10 Å². The van der Waals surface area contributed by atoms with E-state index in [2.05, 4.69) is 0 Å². The molecule has 2 heterocycles. The summed E-state index contributed by atoms with van der Waals surface area (Å²) in [6, 6.07) is 11.1. The van der Waals surface area contributed by atoms with Crippen LogP contribution < -0.4 is 0 Å². The van der Waals surface area contributed by atoms with E-state index >= 15 is 0 Å². The number of hydrogen-bond donors (Lipinski definition) is 0. The van der Waals surface area contributed by atoms with Crippen LogP contribution in [0.2, 0.25) is 0 Å². The van der Waals surface area contributed by atoms with Gasteiger partial charge in [-0.3, -0.25) is 0 Å². The first-order valence-electron chi connectivity index (χ1n) is 5.63. The molecule has 1 aliphatic heterocycles. The molecule has 1 aromatic carbocycles. The van der Waals surface area contributed by atoms with Crippen molar-refractivity contribution in [1.82, 2.24) is 0 Å². The second-order valence-electron chi connectivity index (χ2n) is 4.15. The zero-order valence-electron chi connectivity index (χ0n) is 9.83. The van der Waals surface area contributed by atoms with Gasteiger partial charge in [0.2, 0.25) is 5.60 Å². The highest BCUT2D eigenvalue weighted by Crippen LogP contribution is 2.57. The molecule has 3 rings (SSSR count). The first-order valence-corrected chi connectivity index (χ1v) is 5.63. The summed E-state index contributed by atoms with van der Waals surface area (Å²) in [5.74, 6) is -0.389. The minimum absolute atomic E-state index is 0.342. The molecule has 0 aliphatic carbocycles. The van der Waals surface area contributed by atoms with Gasteiger partial charge in [0.05, 0.1) is 19.6 Å². The molecule has 18 heavy (non-hydrogen) atoms. The van der Waals surface area contributed by atoms with Gasteiger partial charge in [0.15, 0.2) is 0 Å². The van der Waals surface area contributed by atoms with Crippen molar-refractivity contribution in [2.45, 2.75) is 11.7 Å². The van der Waals surface area contributed by atoms with Crippen molar-refractivity contribution in [3.05, 3.63) is 60.1 Å². The van der Waals surface area contributed by atoms with Crippen LogP contribution in [0.5, 0.6) is 0 Å². The Labute approximate surface area is 104 Å². The van der Waals surface area contributed by atoms with Crippen molar-refractivity contribution in [3.63, 3.8) is 0 Å². The number of furan rings is 1. The molecule has 0 amide bonds. The Balaban J connectivity index is 2.01. The molecule has 0 unspecified atom stereocenters. The second-order valence-corrected chi connectivity index (χ2v) is 4.15. The van der Waals surface area contributed by atoms with Gasteiger partial charge >= 0.3 is 5.97 Å². The first kappa shape index (κ1) is 11.0. The summed E-state index contributed by atoms with van der Waals surface area (Å²) < 4.78 is 15.5. The summed E-state index contributed by atoms with van der Waals surface area (Å²) >= 11 is 0. The van der Waals surface area contributed by atoms with Crippen molar-refractivity contribution in [2.24, 2.45) is 0 Å². The van der Waals surface area contributed by atoms with Crippen LogP contribution in [0.4, 0.5) is 0 Å². The fourth-order valence-electron chi connectivity index (χ4n) is 2.21. The van der Waals surface area contributed by atoms with Gasteiger partial charge in [-0.2, -0.15) is 0 Å². The average Bonchev–Trinajstić information content (AvgIpc) is 2.96. The number of esters is 1. The summed E-state index contributed by atoms with van der Waals surface area (Å²) in [5, 5.41) is 0. The van der Waals surface area contributed by atoms with Crippen LogP contribution >= 0.6 is 0 Å². The van der Waals surface area contributed by atoms with E-state index in [9.17, 15) is 4.79 Å². The zero-order chi connectivity index (χ0) is 12.6. The molecular weight excluding hydrogens is 232 g/mol. The highest BCUT2D eigenvalue weighted by atomic mass is 16.7. The molecule has 0 bridgehead atoms. The fraction of sp³-hybridized carbons (Fsp3) is 0.214. The smallest absolute Gasteiger partial charge is 0.346 e. The summed E-state index contributed by atoms with van der Waals surface area (Å²) in [6.07, 6.45) is 2.80. The van der Waals surface area contributed by atoms with Gasteiger partial charge in [-0.15, -0.1) is 0 Å². The summed E-state index contributed by atoms with van der Waals surface area (Å²) in [7, 11) is 1.36. The summed E-state index contributed by atoms with van der Waals surface area (Å²) in [4.78, 5) is 12.0. The predicted molar refractivity (Wildman–Crippen MR) is 62.7 cm³/mol. The first-order chi connectivity index (χ1) is 8.79. The molecule has 1 fully saturated rings. The van der Waals surface area contributed by atoms with E-state index in [1.807, 2.05) is 30.3 Å². The van der Waals surface area contributed by atoms with Crippen molar-refractivity contribution < 1.29 is 18.7 Å². The standard InChI is InChI=1S/C14H12O4/c1-16-13(15)14(11-5-3-2-4-6-11)12(18-14)10-7-8-17-9-10/h2-9,12H,1H3/t12-,14-/m1/s1. The lowest BCUT2D eigenvalue weighted by atomic mass is 9.93. The van der Waals surface area contributed by atoms with E-state index in [-0.39, 0.29) is 12.1 Å². The zero-order valence-corrected chi connectivity index (χ0v) is 9.83. The van der Waals surface area contributed by atoms with E-state index < -0.39 is 5.60 Å². The van der Waals surface area contributed by atoms with Gasteiger partial charge < -0.3 is 13.9 Å². The number of carbonyl (C=O) groups is 1. The van der Waals surface area contributed by atoms with Crippen LogP contribution in [0.1, 0.15) is 17.2 Å². The SMILES string of the molecule is COC(=O)[C@]1(c2ccccc2)O[C@@H]1c1ccoc1. The minimum Gasteiger partial charge on any atom is -0.472 e.